The Morgan fingerprint density at radius 3 is 3.16 bits per heavy atom. The monoisotopic (exact) mass is 337 g/mol. The van der Waals surface area contributed by atoms with Crippen molar-refractivity contribution in [2.24, 2.45) is 0 Å². The van der Waals surface area contributed by atoms with E-state index in [4.69, 9.17) is 4.98 Å². The second kappa shape index (κ2) is 5.59. The first kappa shape index (κ1) is 13.1. The van der Waals surface area contributed by atoms with Crippen LogP contribution in [0.5, 0.6) is 0 Å². The molecule has 2 aromatic heterocycles. The molecule has 0 aromatic carbocycles. The molecule has 3 rings (SSSR count). The topological polar surface area (TPSA) is 29.0 Å². The first-order valence-electron chi connectivity index (χ1n) is 6.60. The lowest BCUT2D eigenvalue weighted by molar-refractivity contribution is 0.719. The maximum absolute atomic E-state index is 4.69. The first-order chi connectivity index (χ1) is 9.26. The number of aryl methyl sites for hydroxylation is 1. The van der Waals surface area contributed by atoms with Crippen molar-refractivity contribution in [2.75, 3.05) is 11.4 Å². The Balaban J connectivity index is 1.87. The third-order valence-corrected chi connectivity index (χ3v) is 4.76. The molecule has 100 valence electrons. The maximum Gasteiger partial charge on any atom is 0.133 e. The summed E-state index contributed by atoms with van der Waals surface area (Å²) in [6.45, 7) is 4.17. The van der Waals surface area contributed by atoms with Crippen molar-refractivity contribution in [3.05, 3.63) is 38.4 Å². The van der Waals surface area contributed by atoms with E-state index < -0.39 is 0 Å². The van der Waals surface area contributed by atoms with E-state index in [9.17, 15) is 0 Å². The molecular formula is C14H16BrN3S. The summed E-state index contributed by atoms with van der Waals surface area (Å²) < 4.78 is 0.886. The molecule has 19 heavy (non-hydrogen) atoms. The Kier molecular flexibility index (Phi) is 3.84. The zero-order valence-electron chi connectivity index (χ0n) is 10.9. The molecule has 0 bridgehead atoms. The molecule has 2 aromatic rings. The number of nitrogens with zero attached hydrogens (tertiary/aromatic N) is 3. The van der Waals surface area contributed by atoms with Gasteiger partial charge in [0, 0.05) is 30.5 Å². The lowest BCUT2D eigenvalue weighted by atomic mass is 10.1. The highest BCUT2D eigenvalue weighted by Crippen LogP contribution is 2.27. The van der Waals surface area contributed by atoms with Gasteiger partial charge in [0.2, 0.25) is 0 Å². The van der Waals surface area contributed by atoms with Crippen LogP contribution in [-0.2, 0) is 19.4 Å². The van der Waals surface area contributed by atoms with Gasteiger partial charge in [-0.2, -0.15) is 0 Å². The van der Waals surface area contributed by atoms with Crippen LogP contribution >= 0.6 is 27.3 Å². The Hall–Kier alpha value is -0.940. The van der Waals surface area contributed by atoms with Gasteiger partial charge in [-0.25, -0.2) is 9.97 Å². The molecule has 0 unspecified atom stereocenters. The van der Waals surface area contributed by atoms with Crippen molar-refractivity contribution in [1.82, 2.24) is 9.97 Å². The molecule has 5 heteroatoms. The highest BCUT2D eigenvalue weighted by Gasteiger charge is 2.19. The van der Waals surface area contributed by atoms with Crippen LogP contribution in [0, 0.1) is 0 Å². The van der Waals surface area contributed by atoms with Crippen molar-refractivity contribution in [2.45, 2.75) is 32.7 Å². The summed E-state index contributed by atoms with van der Waals surface area (Å²) in [4.78, 5) is 13.0. The van der Waals surface area contributed by atoms with Gasteiger partial charge in [-0.1, -0.05) is 6.92 Å². The molecule has 0 atom stereocenters. The van der Waals surface area contributed by atoms with Crippen molar-refractivity contribution in [3.63, 3.8) is 0 Å². The fourth-order valence-electron chi connectivity index (χ4n) is 2.39. The average molecular weight is 338 g/mol. The van der Waals surface area contributed by atoms with E-state index in [1.165, 1.54) is 10.4 Å². The lowest BCUT2D eigenvalue weighted by Crippen LogP contribution is -2.30. The van der Waals surface area contributed by atoms with Crippen LogP contribution in [0.4, 0.5) is 5.82 Å². The molecule has 0 saturated carbocycles. The molecule has 3 heterocycles. The van der Waals surface area contributed by atoms with Crippen molar-refractivity contribution >= 4 is 33.1 Å². The predicted octanol–water partition coefficient (Wildman–Crippen LogP) is 3.82. The smallest absolute Gasteiger partial charge is 0.133 e. The standard InChI is InChI=1S/C14H16BrN3S/c1-2-3-13-16-12(15)8-14(17-13)18-6-4-11-10(9-18)5-7-19-11/h5,7-8H,2-4,6,9H2,1H3. The molecule has 0 saturated heterocycles. The molecular weight excluding hydrogens is 322 g/mol. The van der Waals surface area contributed by atoms with Gasteiger partial charge in [0.25, 0.3) is 0 Å². The van der Waals surface area contributed by atoms with Gasteiger partial charge in [-0.05, 0) is 45.8 Å². The van der Waals surface area contributed by atoms with Crippen LogP contribution in [0.2, 0.25) is 0 Å². The van der Waals surface area contributed by atoms with Crippen LogP contribution in [-0.4, -0.2) is 16.5 Å². The van der Waals surface area contributed by atoms with Gasteiger partial charge in [0.05, 0.1) is 0 Å². The van der Waals surface area contributed by atoms with Crippen LogP contribution in [0.1, 0.15) is 29.6 Å². The van der Waals surface area contributed by atoms with E-state index in [1.807, 2.05) is 17.4 Å². The van der Waals surface area contributed by atoms with E-state index in [2.05, 4.69) is 44.2 Å². The number of hydrogen-bond acceptors (Lipinski definition) is 4. The largest absolute Gasteiger partial charge is 0.352 e. The molecule has 1 aliphatic rings. The number of aromatic nitrogens is 2. The lowest BCUT2D eigenvalue weighted by Gasteiger charge is -2.28. The number of fused-ring (bicyclic) bond motifs is 1. The zero-order valence-corrected chi connectivity index (χ0v) is 13.3. The molecule has 0 spiro atoms. The first-order valence-corrected chi connectivity index (χ1v) is 8.27. The summed E-state index contributed by atoms with van der Waals surface area (Å²) in [5.41, 5.74) is 1.45. The summed E-state index contributed by atoms with van der Waals surface area (Å²) in [7, 11) is 0. The Labute approximate surface area is 125 Å². The molecule has 0 radical (unpaired) electrons. The van der Waals surface area contributed by atoms with Crippen molar-refractivity contribution in [1.29, 1.82) is 0 Å². The van der Waals surface area contributed by atoms with Gasteiger partial charge in [0.1, 0.15) is 16.2 Å². The van der Waals surface area contributed by atoms with Crippen LogP contribution in [0.3, 0.4) is 0 Å². The summed E-state index contributed by atoms with van der Waals surface area (Å²) in [5.74, 6) is 1.98. The van der Waals surface area contributed by atoms with Gasteiger partial charge >= 0.3 is 0 Å². The normalized spacial score (nSPS) is 14.5. The minimum absolute atomic E-state index is 0.886. The summed E-state index contributed by atoms with van der Waals surface area (Å²) in [6, 6.07) is 4.26. The number of anilines is 1. The van der Waals surface area contributed by atoms with Gasteiger partial charge in [-0.15, -0.1) is 11.3 Å². The third kappa shape index (κ3) is 2.82. The second-order valence-corrected chi connectivity index (χ2v) is 6.57. The average Bonchev–Trinajstić information content (AvgIpc) is 2.85. The number of hydrogen-bond donors (Lipinski definition) is 0. The van der Waals surface area contributed by atoms with Crippen LogP contribution in [0.15, 0.2) is 22.1 Å². The summed E-state index contributed by atoms with van der Waals surface area (Å²) in [6.07, 6.45) is 3.13. The van der Waals surface area contributed by atoms with E-state index in [0.29, 0.717) is 0 Å². The minimum atomic E-state index is 0.886. The molecule has 1 aliphatic heterocycles. The number of rotatable bonds is 3. The fourth-order valence-corrected chi connectivity index (χ4v) is 3.69. The SMILES string of the molecule is CCCc1nc(Br)cc(N2CCc3sccc3C2)n1. The van der Waals surface area contributed by atoms with E-state index in [-0.39, 0.29) is 0 Å². The third-order valence-electron chi connectivity index (χ3n) is 3.33. The fraction of sp³-hybridized carbons (Fsp3) is 0.429. The summed E-state index contributed by atoms with van der Waals surface area (Å²) in [5, 5.41) is 2.19. The highest BCUT2D eigenvalue weighted by atomic mass is 79.9. The maximum atomic E-state index is 4.69. The number of halogens is 1. The van der Waals surface area contributed by atoms with Crippen molar-refractivity contribution < 1.29 is 0 Å². The van der Waals surface area contributed by atoms with E-state index >= 15 is 0 Å². The van der Waals surface area contributed by atoms with Gasteiger partial charge < -0.3 is 4.90 Å². The molecule has 0 amide bonds. The molecule has 3 nitrogen and oxygen atoms in total. The van der Waals surface area contributed by atoms with Crippen molar-refractivity contribution in [3.8, 4) is 0 Å². The molecule has 0 fully saturated rings. The molecule has 0 aliphatic carbocycles. The zero-order chi connectivity index (χ0) is 13.2. The quantitative estimate of drug-likeness (QED) is 0.797. The van der Waals surface area contributed by atoms with Gasteiger partial charge in [-0.3, -0.25) is 0 Å². The van der Waals surface area contributed by atoms with Gasteiger partial charge in [0.15, 0.2) is 0 Å². The Bertz CT molecular complexity index is 582. The van der Waals surface area contributed by atoms with Crippen LogP contribution < -0.4 is 4.90 Å². The highest BCUT2D eigenvalue weighted by molar-refractivity contribution is 9.10. The number of thiophene rings is 1. The second-order valence-electron chi connectivity index (χ2n) is 4.76. The van der Waals surface area contributed by atoms with E-state index in [1.54, 1.807) is 0 Å². The van der Waals surface area contributed by atoms with Crippen LogP contribution in [0.25, 0.3) is 0 Å². The predicted molar refractivity (Wildman–Crippen MR) is 82.8 cm³/mol. The Morgan fingerprint density at radius 1 is 1.42 bits per heavy atom. The summed E-state index contributed by atoms with van der Waals surface area (Å²) >= 11 is 5.37. The Morgan fingerprint density at radius 2 is 2.32 bits per heavy atom. The molecule has 0 N–H and O–H groups in total. The minimum Gasteiger partial charge on any atom is -0.352 e. The van der Waals surface area contributed by atoms with E-state index in [0.717, 1.165) is 48.6 Å².